The summed E-state index contributed by atoms with van der Waals surface area (Å²) in [7, 11) is -6.98. The van der Waals surface area contributed by atoms with E-state index in [2.05, 4.69) is 4.98 Å². The number of nitrogens with one attached hydrogen (secondary N) is 1. The molecule has 37 heavy (non-hydrogen) atoms. The molecule has 4 aliphatic heterocycles. The van der Waals surface area contributed by atoms with Crippen LogP contribution < -0.4 is 11.2 Å². The molecule has 206 valence electrons. The van der Waals surface area contributed by atoms with Gasteiger partial charge in [0.1, 0.15) is 17.5 Å². The Balaban J connectivity index is 1.79. The number of rotatable bonds is 3. The highest BCUT2D eigenvalue weighted by molar-refractivity contribution is 7.87. The van der Waals surface area contributed by atoms with Gasteiger partial charge in [-0.15, -0.1) is 0 Å². The summed E-state index contributed by atoms with van der Waals surface area (Å²) in [6.45, 7) is 17.2. The SMILES string of the molecule is CC1=CC(C)(C)[C@@H]2[C@]3(O)N1C[C@H]1O[C@@H](n4cc(C)c(=O)[nH]c4=O)[C@H](O[Si](C)(C)C(C)(C)C)[C@]13OS2(=O)=O. The molecule has 1 aromatic heterocycles. The highest BCUT2D eigenvalue weighted by Gasteiger charge is 2.87. The Kier molecular flexibility index (Phi) is 5.40. The molecule has 3 saturated heterocycles. The number of aliphatic hydroxyl groups is 1. The van der Waals surface area contributed by atoms with Gasteiger partial charge in [0.05, 0.1) is 6.54 Å². The molecule has 5 heterocycles. The lowest BCUT2D eigenvalue weighted by atomic mass is 9.72. The van der Waals surface area contributed by atoms with E-state index in [1.807, 2.05) is 46.9 Å². The Morgan fingerprint density at radius 3 is 2.43 bits per heavy atom. The zero-order valence-electron chi connectivity index (χ0n) is 22.8. The molecule has 0 unspecified atom stereocenters. The maximum Gasteiger partial charge on any atom is 0.330 e. The summed E-state index contributed by atoms with van der Waals surface area (Å²) in [6, 6.07) is 0. The molecule has 6 atom stereocenters. The van der Waals surface area contributed by atoms with Crippen LogP contribution in [0.2, 0.25) is 18.1 Å². The zero-order valence-corrected chi connectivity index (χ0v) is 24.6. The van der Waals surface area contributed by atoms with Crippen molar-refractivity contribution in [3.05, 3.63) is 44.4 Å². The molecule has 0 saturated carbocycles. The van der Waals surface area contributed by atoms with Crippen LogP contribution in [0.3, 0.4) is 0 Å². The summed E-state index contributed by atoms with van der Waals surface area (Å²) in [5, 5.41) is 11.0. The maximum atomic E-state index is 13.7. The fourth-order valence-corrected chi connectivity index (χ4v) is 10.1. The molecular formula is C24H37N3O8SSi. The van der Waals surface area contributed by atoms with E-state index in [0.717, 1.165) is 0 Å². The highest BCUT2D eigenvalue weighted by Crippen LogP contribution is 2.65. The van der Waals surface area contributed by atoms with E-state index in [1.165, 1.54) is 10.8 Å². The van der Waals surface area contributed by atoms with Crippen LogP contribution in [0.4, 0.5) is 0 Å². The first-order valence-corrected chi connectivity index (χ1v) is 16.9. The van der Waals surface area contributed by atoms with Crippen molar-refractivity contribution in [2.24, 2.45) is 5.41 Å². The summed E-state index contributed by atoms with van der Waals surface area (Å²) < 4.78 is 48.0. The monoisotopic (exact) mass is 555 g/mol. The highest BCUT2D eigenvalue weighted by atomic mass is 32.2. The molecule has 4 aliphatic rings. The van der Waals surface area contributed by atoms with Gasteiger partial charge in [0.25, 0.3) is 15.7 Å². The van der Waals surface area contributed by atoms with Crippen LogP contribution in [-0.4, -0.2) is 71.6 Å². The van der Waals surface area contributed by atoms with Crippen molar-refractivity contribution < 1.29 is 26.9 Å². The first-order chi connectivity index (χ1) is 16.7. The van der Waals surface area contributed by atoms with Gasteiger partial charge in [0.15, 0.2) is 25.9 Å². The maximum absolute atomic E-state index is 13.7. The number of nitrogens with zero attached hydrogens (tertiary/aromatic N) is 2. The van der Waals surface area contributed by atoms with E-state index < -0.39 is 70.1 Å². The lowest BCUT2D eigenvalue weighted by Crippen LogP contribution is -2.70. The third-order valence-electron chi connectivity index (χ3n) is 9.04. The van der Waals surface area contributed by atoms with Gasteiger partial charge in [0.2, 0.25) is 0 Å². The van der Waals surface area contributed by atoms with Crippen molar-refractivity contribution in [2.45, 2.75) is 102 Å². The second-order valence-electron chi connectivity index (χ2n) is 13.0. The molecule has 0 radical (unpaired) electrons. The molecule has 0 amide bonds. The van der Waals surface area contributed by atoms with E-state index in [1.54, 1.807) is 25.7 Å². The van der Waals surface area contributed by atoms with Crippen LogP contribution in [0.25, 0.3) is 0 Å². The number of allylic oxidation sites excluding steroid dienone is 2. The molecule has 0 bridgehead atoms. The second kappa shape index (κ2) is 7.45. The minimum Gasteiger partial charge on any atom is -0.406 e. The molecule has 0 aromatic carbocycles. The van der Waals surface area contributed by atoms with Gasteiger partial charge in [-0.05, 0) is 32.0 Å². The van der Waals surface area contributed by atoms with Crippen molar-refractivity contribution in [2.75, 3.05) is 6.54 Å². The lowest BCUT2D eigenvalue weighted by Gasteiger charge is -2.51. The fraction of sp³-hybridized carbons (Fsp3) is 0.750. The van der Waals surface area contributed by atoms with E-state index in [0.29, 0.717) is 5.70 Å². The molecular weight excluding hydrogens is 518 g/mol. The second-order valence-corrected chi connectivity index (χ2v) is 19.4. The summed E-state index contributed by atoms with van der Waals surface area (Å²) in [5.41, 5.74) is -5.08. The van der Waals surface area contributed by atoms with Crippen molar-refractivity contribution in [3.63, 3.8) is 0 Å². The fourth-order valence-electron chi connectivity index (χ4n) is 6.45. The lowest BCUT2D eigenvalue weighted by molar-refractivity contribution is -0.195. The van der Waals surface area contributed by atoms with Crippen molar-refractivity contribution >= 4 is 18.4 Å². The number of aromatic amines is 1. The van der Waals surface area contributed by atoms with Crippen LogP contribution in [0, 0.1) is 12.3 Å². The smallest absolute Gasteiger partial charge is 0.330 e. The Bertz CT molecular complexity index is 1420. The molecule has 1 spiro atoms. The molecule has 3 fully saturated rings. The number of aromatic nitrogens is 2. The van der Waals surface area contributed by atoms with E-state index in [9.17, 15) is 23.1 Å². The third kappa shape index (κ3) is 3.27. The number of hydrogen-bond acceptors (Lipinski definition) is 9. The normalized spacial score (nSPS) is 37.9. The number of hydrogen-bond donors (Lipinski definition) is 2. The predicted octanol–water partition coefficient (Wildman–Crippen LogP) is 1.55. The number of ether oxygens (including phenoxy) is 1. The van der Waals surface area contributed by atoms with E-state index >= 15 is 0 Å². The summed E-state index contributed by atoms with van der Waals surface area (Å²) in [4.78, 5) is 29.1. The molecule has 13 heteroatoms. The Hall–Kier alpha value is -1.77. The Morgan fingerprint density at radius 2 is 1.84 bits per heavy atom. The van der Waals surface area contributed by atoms with Crippen molar-refractivity contribution in [1.29, 1.82) is 0 Å². The summed E-state index contributed by atoms with van der Waals surface area (Å²) in [6.07, 6.45) is -0.0307. The van der Waals surface area contributed by atoms with Gasteiger partial charge in [0, 0.05) is 22.9 Å². The van der Waals surface area contributed by atoms with Gasteiger partial charge in [-0.3, -0.25) is 18.5 Å². The standard InChI is InChI=1S/C24H37N3O8SSi/c1-13-11-26(20(29)25-17(13)28)18-16(34-37(8,9)21(3,4)5)23-15(33-18)12-27-14(2)10-22(6,7)19(24(23,27)30)36(31,32)35-23/h10-11,15-16,18-19,30H,12H2,1-9H3,(H,25,28,29)/t15-,16+,18-,19-,23-,24-/m1/s1. The van der Waals surface area contributed by atoms with Crippen LogP contribution in [0.1, 0.15) is 53.3 Å². The zero-order chi connectivity index (χ0) is 27.7. The minimum atomic E-state index is -4.31. The van der Waals surface area contributed by atoms with Gasteiger partial charge < -0.3 is 19.2 Å². The summed E-state index contributed by atoms with van der Waals surface area (Å²) >= 11 is 0. The summed E-state index contributed by atoms with van der Waals surface area (Å²) in [5.74, 6) is 0. The van der Waals surface area contributed by atoms with Crippen molar-refractivity contribution in [1.82, 2.24) is 14.5 Å². The molecule has 2 N–H and O–H groups in total. The Labute approximate surface area is 217 Å². The third-order valence-corrected chi connectivity index (χ3v) is 15.5. The van der Waals surface area contributed by atoms with Gasteiger partial charge in [-0.1, -0.05) is 40.7 Å². The van der Waals surface area contributed by atoms with Crippen molar-refractivity contribution in [3.8, 4) is 0 Å². The van der Waals surface area contributed by atoms with Crippen LogP contribution in [0.15, 0.2) is 27.6 Å². The quantitative estimate of drug-likeness (QED) is 0.420. The molecule has 11 nitrogen and oxygen atoms in total. The van der Waals surface area contributed by atoms with Gasteiger partial charge in [-0.25, -0.2) is 4.79 Å². The average molecular weight is 556 g/mol. The first-order valence-electron chi connectivity index (χ1n) is 12.5. The molecule has 1 aromatic rings. The predicted molar refractivity (Wildman–Crippen MR) is 138 cm³/mol. The molecule has 5 rings (SSSR count). The number of aryl methyl sites for hydroxylation is 1. The van der Waals surface area contributed by atoms with Crippen LogP contribution in [-0.2, 0) is 23.5 Å². The topological polar surface area (TPSA) is 140 Å². The van der Waals surface area contributed by atoms with Gasteiger partial charge in [-0.2, -0.15) is 8.42 Å². The van der Waals surface area contributed by atoms with Crippen LogP contribution in [0.5, 0.6) is 0 Å². The van der Waals surface area contributed by atoms with E-state index in [4.69, 9.17) is 13.3 Å². The largest absolute Gasteiger partial charge is 0.406 e. The van der Waals surface area contributed by atoms with E-state index in [-0.39, 0.29) is 17.1 Å². The number of H-pyrrole nitrogens is 1. The van der Waals surface area contributed by atoms with Crippen LogP contribution >= 0.6 is 0 Å². The first kappa shape index (κ1) is 26.8. The average Bonchev–Trinajstić information content (AvgIpc) is 3.19. The molecule has 0 aliphatic carbocycles. The van der Waals surface area contributed by atoms with Gasteiger partial charge >= 0.3 is 5.69 Å². The Morgan fingerprint density at radius 1 is 1.22 bits per heavy atom. The minimum absolute atomic E-state index is 0.145.